The van der Waals surface area contributed by atoms with Crippen LogP contribution in [-0.2, 0) is 6.42 Å². The summed E-state index contributed by atoms with van der Waals surface area (Å²) in [4.78, 5) is 0. The van der Waals surface area contributed by atoms with Gasteiger partial charge in [0.05, 0.1) is 6.61 Å². The van der Waals surface area contributed by atoms with Crippen molar-refractivity contribution in [2.24, 2.45) is 0 Å². The molecule has 2 rings (SSSR count). The summed E-state index contributed by atoms with van der Waals surface area (Å²) >= 11 is 1.98. The molecule has 0 saturated carbocycles. The van der Waals surface area contributed by atoms with E-state index < -0.39 is 0 Å². The number of hydrogen-bond donors (Lipinski definition) is 1. The Labute approximate surface area is 127 Å². The van der Waals surface area contributed by atoms with Gasteiger partial charge in [0.1, 0.15) is 5.75 Å². The highest BCUT2D eigenvalue weighted by Gasteiger charge is 2.21. The van der Waals surface area contributed by atoms with Gasteiger partial charge in [-0.05, 0) is 67.0 Å². The number of hydrogen-bond acceptors (Lipinski definition) is 3. The van der Waals surface area contributed by atoms with Crippen LogP contribution in [0.25, 0.3) is 0 Å². The summed E-state index contributed by atoms with van der Waals surface area (Å²) < 4.78 is 5.86. The molecule has 0 radical (unpaired) electrons. The summed E-state index contributed by atoms with van der Waals surface area (Å²) in [6, 6.07) is 7.19. The Morgan fingerprint density at radius 1 is 1.35 bits per heavy atom. The first-order chi connectivity index (χ1) is 9.85. The molecule has 1 aliphatic carbocycles. The maximum atomic E-state index is 5.86. The molecule has 2 nitrogen and oxygen atoms in total. The fourth-order valence-corrected chi connectivity index (χ4v) is 3.32. The third-order valence-electron chi connectivity index (χ3n) is 3.74. The summed E-state index contributed by atoms with van der Waals surface area (Å²) in [6.07, 6.45) is 4.74. The number of aryl methyl sites for hydroxylation is 1. The molecule has 20 heavy (non-hydrogen) atoms. The van der Waals surface area contributed by atoms with Gasteiger partial charge >= 0.3 is 0 Å². The fraction of sp³-hybridized carbons (Fsp3) is 0.647. The topological polar surface area (TPSA) is 21.3 Å². The summed E-state index contributed by atoms with van der Waals surface area (Å²) in [5.41, 5.74) is 2.95. The van der Waals surface area contributed by atoms with E-state index in [4.69, 9.17) is 4.74 Å². The molecule has 1 aromatic carbocycles. The van der Waals surface area contributed by atoms with Gasteiger partial charge in [-0.25, -0.2) is 0 Å². The molecule has 1 aliphatic rings. The first-order valence-corrected chi connectivity index (χ1v) is 9.07. The lowest BCUT2D eigenvalue weighted by Gasteiger charge is -2.14. The van der Waals surface area contributed by atoms with Gasteiger partial charge in [0.25, 0.3) is 0 Å². The average Bonchev–Trinajstić information content (AvgIpc) is 2.87. The zero-order valence-corrected chi connectivity index (χ0v) is 13.6. The Morgan fingerprint density at radius 2 is 2.25 bits per heavy atom. The van der Waals surface area contributed by atoms with E-state index in [-0.39, 0.29) is 0 Å². The second-order valence-corrected chi connectivity index (χ2v) is 6.70. The first-order valence-electron chi connectivity index (χ1n) is 7.92. The van der Waals surface area contributed by atoms with Crippen molar-refractivity contribution >= 4 is 11.8 Å². The van der Waals surface area contributed by atoms with E-state index in [1.807, 2.05) is 11.8 Å². The van der Waals surface area contributed by atoms with Gasteiger partial charge in [-0.1, -0.05) is 19.9 Å². The van der Waals surface area contributed by atoms with Gasteiger partial charge in [0.15, 0.2) is 0 Å². The monoisotopic (exact) mass is 293 g/mol. The number of rotatable bonds is 9. The lowest BCUT2D eigenvalue weighted by atomic mass is 10.1. The summed E-state index contributed by atoms with van der Waals surface area (Å²) in [5, 5.41) is 3.63. The maximum Gasteiger partial charge on any atom is 0.119 e. The van der Waals surface area contributed by atoms with Crippen LogP contribution in [0.1, 0.15) is 50.3 Å². The number of nitrogens with one attached hydrogen (secondary N) is 1. The zero-order chi connectivity index (χ0) is 14.2. The standard InChI is InChI=1S/C17H27NOS/c1-3-10-18-17-9-6-14-13-15(7-8-16(14)17)19-11-5-12-20-4-2/h7-8,13,17-18H,3-6,9-12H2,1-2H3. The first kappa shape index (κ1) is 15.7. The number of ether oxygens (including phenoxy) is 1. The van der Waals surface area contributed by atoms with Crippen LogP contribution in [-0.4, -0.2) is 24.7 Å². The molecule has 0 bridgehead atoms. The predicted octanol–water partition coefficient (Wildman–Crippen LogP) is 4.20. The highest BCUT2D eigenvalue weighted by Crippen LogP contribution is 2.33. The second-order valence-electron chi connectivity index (χ2n) is 5.30. The van der Waals surface area contributed by atoms with Crippen molar-refractivity contribution in [2.45, 2.75) is 45.6 Å². The van der Waals surface area contributed by atoms with Gasteiger partial charge in [-0.2, -0.15) is 11.8 Å². The number of fused-ring (bicyclic) bond motifs is 1. The minimum absolute atomic E-state index is 0.556. The van der Waals surface area contributed by atoms with Crippen LogP contribution in [0.15, 0.2) is 18.2 Å². The van der Waals surface area contributed by atoms with Crippen LogP contribution < -0.4 is 10.1 Å². The van der Waals surface area contributed by atoms with E-state index >= 15 is 0 Å². The number of thioether (sulfide) groups is 1. The minimum Gasteiger partial charge on any atom is -0.494 e. The van der Waals surface area contributed by atoms with Crippen LogP contribution in [0.3, 0.4) is 0 Å². The zero-order valence-electron chi connectivity index (χ0n) is 12.8. The van der Waals surface area contributed by atoms with Crippen molar-refractivity contribution in [3.63, 3.8) is 0 Å². The molecule has 0 amide bonds. The van der Waals surface area contributed by atoms with Crippen LogP contribution >= 0.6 is 11.8 Å². The van der Waals surface area contributed by atoms with Gasteiger partial charge in [-0.15, -0.1) is 0 Å². The van der Waals surface area contributed by atoms with Crippen LogP contribution in [0.2, 0.25) is 0 Å². The quantitative estimate of drug-likeness (QED) is 0.690. The summed E-state index contributed by atoms with van der Waals surface area (Å²) in [7, 11) is 0. The molecule has 1 atom stereocenters. The number of benzene rings is 1. The van der Waals surface area contributed by atoms with Gasteiger partial charge in [-0.3, -0.25) is 0 Å². The summed E-state index contributed by atoms with van der Waals surface area (Å²) in [5.74, 6) is 3.44. The smallest absolute Gasteiger partial charge is 0.119 e. The Morgan fingerprint density at radius 3 is 3.05 bits per heavy atom. The molecule has 0 aromatic heterocycles. The van der Waals surface area contributed by atoms with Crippen molar-refractivity contribution in [3.8, 4) is 5.75 Å². The van der Waals surface area contributed by atoms with Crippen LogP contribution in [0.5, 0.6) is 5.75 Å². The maximum absolute atomic E-state index is 5.86. The van der Waals surface area contributed by atoms with Crippen molar-refractivity contribution in [1.82, 2.24) is 5.32 Å². The van der Waals surface area contributed by atoms with Gasteiger partial charge < -0.3 is 10.1 Å². The molecule has 0 aliphatic heterocycles. The highest BCUT2D eigenvalue weighted by atomic mass is 32.2. The lowest BCUT2D eigenvalue weighted by Crippen LogP contribution is -2.19. The molecule has 0 heterocycles. The molecule has 112 valence electrons. The van der Waals surface area contributed by atoms with E-state index in [9.17, 15) is 0 Å². The van der Waals surface area contributed by atoms with Gasteiger partial charge in [0.2, 0.25) is 0 Å². The largest absolute Gasteiger partial charge is 0.494 e. The molecule has 1 N–H and O–H groups in total. The Bertz CT molecular complexity index is 408. The van der Waals surface area contributed by atoms with Crippen molar-refractivity contribution < 1.29 is 4.74 Å². The van der Waals surface area contributed by atoms with Gasteiger partial charge in [0, 0.05) is 6.04 Å². The van der Waals surface area contributed by atoms with Crippen LogP contribution in [0.4, 0.5) is 0 Å². The van der Waals surface area contributed by atoms with Crippen molar-refractivity contribution in [3.05, 3.63) is 29.3 Å². The lowest BCUT2D eigenvalue weighted by molar-refractivity contribution is 0.318. The third-order valence-corrected chi connectivity index (χ3v) is 4.72. The third kappa shape index (κ3) is 4.42. The molecular weight excluding hydrogens is 266 g/mol. The highest BCUT2D eigenvalue weighted by molar-refractivity contribution is 7.99. The normalized spacial score (nSPS) is 17.2. The van der Waals surface area contributed by atoms with E-state index in [0.717, 1.165) is 25.3 Å². The van der Waals surface area contributed by atoms with E-state index in [1.165, 1.54) is 41.9 Å². The van der Waals surface area contributed by atoms with Crippen LogP contribution in [0, 0.1) is 0 Å². The molecule has 3 heteroatoms. The van der Waals surface area contributed by atoms with E-state index in [0.29, 0.717) is 6.04 Å². The molecule has 1 unspecified atom stereocenters. The Hall–Kier alpha value is -0.670. The minimum atomic E-state index is 0.556. The van der Waals surface area contributed by atoms with Crippen molar-refractivity contribution in [1.29, 1.82) is 0 Å². The molecule has 1 aromatic rings. The van der Waals surface area contributed by atoms with E-state index in [1.54, 1.807) is 0 Å². The average molecular weight is 293 g/mol. The van der Waals surface area contributed by atoms with Crippen molar-refractivity contribution in [2.75, 3.05) is 24.7 Å². The molecule has 0 spiro atoms. The fourth-order valence-electron chi connectivity index (χ4n) is 2.71. The predicted molar refractivity (Wildman–Crippen MR) is 88.9 cm³/mol. The Balaban J connectivity index is 1.83. The molecular formula is C17H27NOS. The Kier molecular flexibility index (Phi) is 6.74. The van der Waals surface area contributed by atoms with E-state index in [2.05, 4.69) is 37.4 Å². The molecule has 0 fully saturated rings. The molecule has 0 saturated heterocycles. The second kappa shape index (κ2) is 8.58. The summed E-state index contributed by atoms with van der Waals surface area (Å²) in [6.45, 7) is 6.37. The SMILES string of the molecule is CCCNC1CCc2cc(OCCCSCC)ccc21.